The summed E-state index contributed by atoms with van der Waals surface area (Å²) in [4.78, 5) is 17.8. The third-order valence-electron chi connectivity index (χ3n) is 13.3. The number of hydrogen-bond acceptors (Lipinski definition) is 6. The third kappa shape index (κ3) is 5.88. The molecule has 5 fully saturated rings. The number of carbonyl (C=O) groups is 1. The van der Waals surface area contributed by atoms with Crippen LogP contribution in [0.3, 0.4) is 0 Å². The molecule has 1 aromatic carbocycles. The molecule has 7 atom stereocenters. The van der Waals surface area contributed by atoms with E-state index in [4.69, 9.17) is 14.2 Å². The monoisotopic (exact) mass is 616 g/mol. The van der Waals surface area contributed by atoms with Crippen molar-refractivity contribution in [3.63, 3.8) is 0 Å². The summed E-state index contributed by atoms with van der Waals surface area (Å²) in [6, 6.07) is 7.02. The fourth-order valence-electron chi connectivity index (χ4n) is 10.8. The molecule has 6 heteroatoms. The largest absolute Gasteiger partial charge is 0.493 e. The third-order valence-corrected chi connectivity index (χ3v) is 13.3. The summed E-state index contributed by atoms with van der Waals surface area (Å²) in [5, 5.41) is 0. The van der Waals surface area contributed by atoms with Crippen molar-refractivity contribution in [2.75, 3.05) is 46.4 Å². The Kier molecular flexibility index (Phi) is 8.84. The van der Waals surface area contributed by atoms with Crippen molar-refractivity contribution in [2.24, 2.45) is 28.6 Å². The molecule has 7 rings (SSSR count). The van der Waals surface area contributed by atoms with Gasteiger partial charge in [-0.15, -0.1) is 0 Å². The highest BCUT2D eigenvalue weighted by Gasteiger charge is 2.61. The predicted octanol–water partition coefficient (Wildman–Crippen LogP) is 7.52. The number of allylic oxidation sites excluding steroid dienone is 1. The molecule has 6 nitrogen and oxygen atoms in total. The van der Waals surface area contributed by atoms with Crippen molar-refractivity contribution in [1.82, 2.24) is 9.80 Å². The molecule has 0 amide bonds. The van der Waals surface area contributed by atoms with Gasteiger partial charge >= 0.3 is 5.97 Å². The lowest BCUT2D eigenvalue weighted by Crippen LogP contribution is -2.52. The van der Waals surface area contributed by atoms with E-state index >= 15 is 0 Å². The molecule has 1 aromatic rings. The molecule has 0 aromatic heterocycles. The maximum absolute atomic E-state index is 12.5. The standard InChI is InChI=1S/C39H56N2O4/c1-27(42)45-37-29(23-28-9-12-35(36(24-28)43-4)44-22-21-40-17-5-6-18-40)25-34-32-11-10-30-26-31(41-19-7-8-20-41)13-15-38(30,2)33(32)14-16-39(34,37)3/h9-10,12,23-24,31-34,37H,5-8,11,13-22,25-26H2,1-4H3/b29-23+/t31?,32?,33?,34?,37?,38-,39-/m0/s1. The van der Waals surface area contributed by atoms with Crippen molar-refractivity contribution in [2.45, 2.75) is 104 Å². The van der Waals surface area contributed by atoms with Gasteiger partial charge in [0.05, 0.1) is 7.11 Å². The number of esters is 1. The Morgan fingerprint density at radius 1 is 0.978 bits per heavy atom. The zero-order chi connectivity index (χ0) is 31.2. The first-order chi connectivity index (χ1) is 21.8. The van der Waals surface area contributed by atoms with Crippen LogP contribution in [0.25, 0.3) is 6.08 Å². The number of nitrogens with zero attached hydrogens (tertiary/aromatic N) is 2. The topological polar surface area (TPSA) is 51.2 Å². The van der Waals surface area contributed by atoms with E-state index in [0.29, 0.717) is 23.9 Å². The van der Waals surface area contributed by atoms with Gasteiger partial charge in [-0.1, -0.05) is 37.6 Å². The minimum Gasteiger partial charge on any atom is -0.493 e. The summed E-state index contributed by atoms with van der Waals surface area (Å²) in [5.41, 5.74) is 4.40. The second-order valence-corrected chi connectivity index (χ2v) is 15.7. The Balaban J connectivity index is 1.11. The van der Waals surface area contributed by atoms with Crippen molar-refractivity contribution in [3.05, 3.63) is 41.0 Å². The first-order valence-corrected chi connectivity index (χ1v) is 18.1. The van der Waals surface area contributed by atoms with Crippen LogP contribution in [0.4, 0.5) is 0 Å². The Bertz CT molecular complexity index is 1310. The molecular weight excluding hydrogens is 560 g/mol. The lowest BCUT2D eigenvalue weighted by atomic mass is 9.48. The Morgan fingerprint density at radius 2 is 1.76 bits per heavy atom. The van der Waals surface area contributed by atoms with Gasteiger partial charge in [0.15, 0.2) is 11.5 Å². The van der Waals surface area contributed by atoms with Gasteiger partial charge in [-0.05, 0) is 143 Å². The molecule has 6 aliphatic rings. The molecule has 0 bridgehead atoms. The van der Waals surface area contributed by atoms with Crippen LogP contribution < -0.4 is 9.47 Å². The summed E-state index contributed by atoms with van der Waals surface area (Å²) in [7, 11) is 1.72. The first-order valence-electron chi connectivity index (χ1n) is 18.1. The zero-order valence-corrected chi connectivity index (χ0v) is 28.3. The number of likely N-dealkylation sites (tertiary alicyclic amines) is 2. The van der Waals surface area contributed by atoms with Crippen molar-refractivity contribution < 1.29 is 19.0 Å². The molecule has 45 heavy (non-hydrogen) atoms. The first kappa shape index (κ1) is 31.3. The highest BCUT2D eigenvalue weighted by Crippen LogP contribution is 2.66. The van der Waals surface area contributed by atoms with Gasteiger partial charge in [-0.2, -0.15) is 0 Å². The fraction of sp³-hybridized carbons (Fsp3) is 0.718. The summed E-state index contributed by atoms with van der Waals surface area (Å²) in [6.45, 7) is 13.2. The maximum Gasteiger partial charge on any atom is 0.303 e. The van der Waals surface area contributed by atoms with E-state index in [1.54, 1.807) is 19.6 Å². The second kappa shape index (κ2) is 12.7. The number of rotatable bonds is 8. The molecule has 246 valence electrons. The number of hydrogen-bond donors (Lipinski definition) is 0. The number of benzene rings is 1. The highest BCUT2D eigenvalue weighted by atomic mass is 16.5. The van der Waals surface area contributed by atoms with Crippen LogP contribution in [0.2, 0.25) is 0 Å². The minimum atomic E-state index is -0.174. The molecule has 4 aliphatic carbocycles. The molecule has 2 aliphatic heterocycles. The highest BCUT2D eigenvalue weighted by molar-refractivity contribution is 5.68. The molecule has 0 N–H and O–H groups in total. The molecular formula is C39H56N2O4. The normalized spacial score (nSPS) is 37.6. The van der Waals surface area contributed by atoms with E-state index in [2.05, 4.69) is 47.9 Å². The van der Waals surface area contributed by atoms with Crippen LogP contribution in [0.15, 0.2) is 35.4 Å². The van der Waals surface area contributed by atoms with Gasteiger partial charge in [-0.25, -0.2) is 0 Å². The van der Waals surface area contributed by atoms with E-state index < -0.39 is 0 Å². The summed E-state index contributed by atoms with van der Waals surface area (Å²) in [5.74, 6) is 3.28. The van der Waals surface area contributed by atoms with Crippen LogP contribution in [0.5, 0.6) is 11.5 Å². The average molecular weight is 617 g/mol. The maximum atomic E-state index is 12.5. The minimum absolute atomic E-state index is 0.0319. The summed E-state index contributed by atoms with van der Waals surface area (Å²) >= 11 is 0. The Hall–Kier alpha value is -2.31. The molecule has 0 spiro atoms. The summed E-state index contributed by atoms with van der Waals surface area (Å²) in [6.07, 6.45) is 18.6. The Labute approximate surface area is 271 Å². The molecule has 5 unspecified atom stereocenters. The van der Waals surface area contributed by atoms with Crippen LogP contribution >= 0.6 is 0 Å². The van der Waals surface area contributed by atoms with Crippen LogP contribution in [0.1, 0.15) is 97.0 Å². The van der Waals surface area contributed by atoms with Gasteiger partial charge in [0.25, 0.3) is 0 Å². The fourth-order valence-corrected chi connectivity index (χ4v) is 10.8. The van der Waals surface area contributed by atoms with Crippen molar-refractivity contribution >= 4 is 12.0 Å². The van der Waals surface area contributed by atoms with Crippen LogP contribution in [-0.2, 0) is 9.53 Å². The SMILES string of the molecule is COc1cc(/C=C2\CC3C4CC=C5CC(N6CCCC6)CC[C@]5(C)C4CC[C@]3(C)C2OC(C)=O)ccc1OCCN1CCCC1. The average Bonchev–Trinajstić information content (AvgIpc) is 3.80. The molecule has 3 saturated carbocycles. The van der Waals surface area contributed by atoms with Crippen molar-refractivity contribution in [3.8, 4) is 11.5 Å². The number of fused-ring (bicyclic) bond motifs is 5. The van der Waals surface area contributed by atoms with Gasteiger partial charge in [0, 0.05) is 24.9 Å². The Morgan fingerprint density at radius 3 is 2.51 bits per heavy atom. The van der Waals surface area contributed by atoms with E-state index in [-0.39, 0.29) is 17.5 Å². The number of ether oxygens (including phenoxy) is 3. The molecule has 0 radical (unpaired) electrons. The van der Waals surface area contributed by atoms with Gasteiger partial charge in [0.1, 0.15) is 12.7 Å². The molecule has 2 saturated heterocycles. The van der Waals surface area contributed by atoms with E-state index in [0.717, 1.165) is 48.4 Å². The number of carbonyl (C=O) groups excluding carboxylic acids is 1. The van der Waals surface area contributed by atoms with Crippen LogP contribution in [-0.4, -0.2) is 74.4 Å². The number of methoxy groups -OCH3 is 1. The molecule has 2 heterocycles. The van der Waals surface area contributed by atoms with Gasteiger partial charge < -0.3 is 19.1 Å². The zero-order valence-electron chi connectivity index (χ0n) is 28.3. The van der Waals surface area contributed by atoms with Crippen molar-refractivity contribution in [1.29, 1.82) is 0 Å². The van der Waals surface area contributed by atoms with E-state index in [1.807, 2.05) is 6.07 Å². The van der Waals surface area contributed by atoms with Crippen LogP contribution in [0, 0.1) is 28.6 Å². The predicted molar refractivity (Wildman–Crippen MR) is 179 cm³/mol. The summed E-state index contributed by atoms with van der Waals surface area (Å²) < 4.78 is 18.2. The van der Waals surface area contributed by atoms with Gasteiger partial charge in [0.2, 0.25) is 0 Å². The lowest BCUT2D eigenvalue weighted by Gasteiger charge is -2.58. The quantitative estimate of drug-likeness (QED) is 0.222. The van der Waals surface area contributed by atoms with E-state index in [9.17, 15) is 4.79 Å². The lowest BCUT2D eigenvalue weighted by molar-refractivity contribution is -0.154. The smallest absolute Gasteiger partial charge is 0.303 e. The van der Waals surface area contributed by atoms with Gasteiger partial charge in [-0.3, -0.25) is 9.69 Å². The second-order valence-electron chi connectivity index (χ2n) is 15.7. The van der Waals surface area contributed by atoms with E-state index in [1.165, 1.54) is 89.5 Å².